The van der Waals surface area contributed by atoms with E-state index in [9.17, 15) is 5.26 Å². The lowest BCUT2D eigenvalue weighted by atomic mass is 10.1. The van der Waals surface area contributed by atoms with Crippen molar-refractivity contribution in [1.82, 2.24) is 15.1 Å². The standard InChI is InChI=1S/C11H16N4S/c1-11(7-12,14-9-3-4-9)8-16-10-5-13-15(2)6-10/h5-6,9,14H,3-4,8H2,1-2H3. The Morgan fingerprint density at radius 3 is 3.00 bits per heavy atom. The molecule has 1 aliphatic rings. The van der Waals surface area contributed by atoms with Crippen molar-refractivity contribution in [3.8, 4) is 6.07 Å². The normalized spacial score (nSPS) is 19.1. The number of nitrogens with zero attached hydrogens (tertiary/aromatic N) is 3. The molecule has 1 N–H and O–H groups in total. The van der Waals surface area contributed by atoms with Crippen LogP contribution in [-0.4, -0.2) is 27.1 Å². The van der Waals surface area contributed by atoms with Gasteiger partial charge in [0.25, 0.3) is 0 Å². The first-order chi connectivity index (χ1) is 7.61. The molecular formula is C11H16N4S. The van der Waals surface area contributed by atoms with Crippen LogP contribution in [0.15, 0.2) is 17.3 Å². The summed E-state index contributed by atoms with van der Waals surface area (Å²) in [6.07, 6.45) is 6.21. The molecule has 1 aliphatic carbocycles. The molecule has 0 spiro atoms. The predicted octanol–water partition coefficient (Wildman–Crippen LogP) is 1.55. The van der Waals surface area contributed by atoms with Gasteiger partial charge in [-0.2, -0.15) is 10.4 Å². The molecule has 16 heavy (non-hydrogen) atoms. The van der Waals surface area contributed by atoms with E-state index in [1.165, 1.54) is 12.8 Å². The van der Waals surface area contributed by atoms with Crippen molar-refractivity contribution in [2.45, 2.75) is 36.2 Å². The topological polar surface area (TPSA) is 53.6 Å². The largest absolute Gasteiger partial charge is 0.296 e. The molecule has 4 nitrogen and oxygen atoms in total. The first-order valence-corrected chi connectivity index (χ1v) is 6.40. The fraction of sp³-hybridized carbons (Fsp3) is 0.636. The van der Waals surface area contributed by atoms with Gasteiger partial charge in [0, 0.05) is 29.9 Å². The van der Waals surface area contributed by atoms with Gasteiger partial charge in [0.15, 0.2) is 0 Å². The van der Waals surface area contributed by atoms with Crippen LogP contribution in [-0.2, 0) is 7.05 Å². The Kier molecular flexibility index (Phi) is 3.22. The van der Waals surface area contributed by atoms with Gasteiger partial charge < -0.3 is 0 Å². The molecule has 0 radical (unpaired) electrons. The highest BCUT2D eigenvalue weighted by atomic mass is 32.2. The quantitative estimate of drug-likeness (QED) is 0.788. The van der Waals surface area contributed by atoms with Crippen LogP contribution < -0.4 is 5.32 Å². The smallest absolute Gasteiger partial charge is 0.113 e. The Bertz CT molecular complexity index is 404. The number of aryl methyl sites for hydroxylation is 1. The third-order valence-electron chi connectivity index (χ3n) is 2.56. The van der Waals surface area contributed by atoms with Crippen LogP contribution in [0.5, 0.6) is 0 Å². The molecular weight excluding hydrogens is 220 g/mol. The molecule has 86 valence electrons. The van der Waals surface area contributed by atoms with Crippen LogP contribution in [0.25, 0.3) is 0 Å². The number of aromatic nitrogens is 2. The molecule has 1 saturated carbocycles. The van der Waals surface area contributed by atoms with Crippen LogP contribution in [0, 0.1) is 11.3 Å². The minimum absolute atomic E-state index is 0.429. The molecule has 2 rings (SSSR count). The zero-order chi connectivity index (χ0) is 11.6. The lowest BCUT2D eigenvalue weighted by Crippen LogP contribution is -2.44. The first kappa shape index (κ1) is 11.5. The summed E-state index contributed by atoms with van der Waals surface area (Å²) >= 11 is 1.67. The van der Waals surface area contributed by atoms with Crippen LogP contribution in [0.4, 0.5) is 0 Å². The van der Waals surface area contributed by atoms with E-state index in [2.05, 4.69) is 16.5 Å². The zero-order valence-electron chi connectivity index (χ0n) is 9.60. The van der Waals surface area contributed by atoms with E-state index < -0.39 is 5.54 Å². The van der Waals surface area contributed by atoms with Gasteiger partial charge in [0.1, 0.15) is 5.54 Å². The second-order valence-electron chi connectivity index (χ2n) is 4.50. The van der Waals surface area contributed by atoms with Crippen LogP contribution in [0.2, 0.25) is 0 Å². The number of nitrogens with one attached hydrogen (secondary N) is 1. The monoisotopic (exact) mass is 236 g/mol. The summed E-state index contributed by atoms with van der Waals surface area (Å²) in [5, 5.41) is 16.7. The highest BCUT2D eigenvalue weighted by Crippen LogP contribution is 2.26. The highest BCUT2D eigenvalue weighted by molar-refractivity contribution is 7.99. The Morgan fingerprint density at radius 2 is 2.50 bits per heavy atom. The minimum Gasteiger partial charge on any atom is -0.296 e. The van der Waals surface area contributed by atoms with E-state index in [0.29, 0.717) is 6.04 Å². The zero-order valence-corrected chi connectivity index (χ0v) is 10.4. The highest BCUT2D eigenvalue weighted by Gasteiger charge is 2.32. The van der Waals surface area contributed by atoms with Crippen molar-refractivity contribution in [3.63, 3.8) is 0 Å². The lowest BCUT2D eigenvalue weighted by Gasteiger charge is -2.22. The van der Waals surface area contributed by atoms with Gasteiger partial charge in [0.2, 0.25) is 0 Å². The molecule has 1 aromatic rings. The number of nitriles is 1. The van der Waals surface area contributed by atoms with Gasteiger partial charge in [-0.25, -0.2) is 0 Å². The molecule has 1 aromatic heterocycles. The Morgan fingerprint density at radius 1 is 1.75 bits per heavy atom. The van der Waals surface area contributed by atoms with Crippen molar-refractivity contribution in [2.24, 2.45) is 7.05 Å². The van der Waals surface area contributed by atoms with Crippen LogP contribution >= 0.6 is 11.8 Å². The number of hydrogen-bond donors (Lipinski definition) is 1. The van der Waals surface area contributed by atoms with Gasteiger partial charge in [-0.15, -0.1) is 11.8 Å². The SMILES string of the molecule is Cn1cc(SCC(C)(C#N)NC2CC2)cn1. The van der Waals surface area contributed by atoms with Crippen molar-refractivity contribution >= 4 is 11.8 Å². The summed E-state index contributed by atoms with van der Waals surface area (Å²) in [6, 6.07) is 2.92. The maximum absolute atomic E-state index is 9.20. The fourth-order valence-corrected chi connectivity index (χ4v) is 2.44. The lowest BCUT2D eigenvalue weighted by molar-refractivity contribution is 0.490. The van der Waals surface area contributed by atoms with Gasteiger partial charge in [-0.3, -0.25) is 10.00 Å². The van der Waals surface area contributed by atoms with E-state index in [1.807, 2.05) is 26.4 Å². The average molecular weight is 236 g/mol. The number of rotatable bonds is 5. The third-order valence-corrected chi connectivity index (χ3v) is 3.82. The van der Waals surface area contributed by atoms with Crippen LogP contribution in [0.1, 0.15) is 19.8 Å². The summed E-state index contributed by atoms with van der Waals surface area (Å²) in [5.74, 6) is 0.756. The molecule has 0 saturated heterocycles. The molecule has 0 amide bonds. The first-order valence-electron chi connectivity index (χ1n) is 5.42. The molecule has 1 unspecified atom stereocenters. The Hall–Kier alpha value is -0.990. The van der Waals surface area contributed by atoms with E-state index in [0.717, 1.165) is 10.6 Å². The summed E-state index contributed by atoms with van der Waals surface area (Å²) in [5.41, 5.74) is -0.429. The summed E-state index contributed by atoms with van der Waals surface area (Å²) in [7, 11) is 1.90. The summed E-state index contributed by atoms with van der Waals surface area (Å²) in [4.78, 5) is 1.11. The van der Waals surface area contributed by atoms with E-state index in [4.69, 9.17) is 0 Å². The van der Waals surface area contributed by atoms with Crippen molar-refractivity contribution in [2.75, 3.05) is 5.75 Å². The average Bonchev–Trinajstić information content (AvgIpc) is 2.97. The second-order valence-corrected chi connectivity index (χ2v) is 5.55. The molecule has 1 heterocycles. The summed E-state index contributed by atoms with van der Waals surface area (Å²) in [6.45, 7) is 1.97. The maximum Gasteiger partial charge on any atom is 0.113 e. The molecule has 0 aliphatic heterocycles. The molecule has 1 fully saturated rings. The Labute approximate surface area is 100 Å². The van der Waals surface area contributed by atoms with Crippen molar-refractivity contribution in [1.29, 1.82) is 5.26 Å². The molecule has 1 atom stereocenters. The Balaban J connectivity index is 1.89. The summed E-state index contributed by atoms with van der Waals surface area (Å²) < 4.78 is 1.78. The third kappa shape index (κ3) is 3.00. The second kappa shape index (κ2) is 4.48. The predicted molar refractivity (Wildman–Crippen MR) is 64.1 cm³/mol. The number of hydrogen-bond acceptors (Lipinski definition) is 4. The van der Waals surface area contributed by atoms with Gasteiger partial charge in [-0.1, -0.05) is 0 Å². The van der Waals surface area contributed by atoms with Gasteiger partial charge in [-0.05, 0) is 19.8 Å². The van der Waals surface area contributed by atoms with Gasteiger partial charge >= 0.3 is 0 Å². The van der Waals surface area contributed by atoms with E-state index in [-0.39, 0.29) is 0 Å². The van der Waals surface area contributed by atoms with E-state index >= 15 is 0 Å². The fourth-order valence-electron chi connectivity index (χ4n) is 1.49. The van der Waals surface area contributed by atoms with Gasteiger partial charge in [0.05, 0.1) is 12.3 Å². The molecule has 5 heteroatoms. The minimum atomic E-state index is -0.429. The molecule has 0 bridgehead atoms. The van der Waals surface area contributed by atoms with Crippen LogP contribution in [0.3, 0.4) is 0 Å². The maximum atomic E-state index is 9.20. The molecule has 0 aromatic carbocycles. The van der Waals surface area contributed by atoms with Crippen molar-refractivity contribution in [3.05, 3.63) is 12.4 Å². The van der Waals surface area contributed by atoms with Crippen molar-refractivity contribution < 1.29 is 0 Å². The number of thioether (sulfide) groups is 1. The van der Waals surface area contributed by atoms with E-state index in [1.54, 1.807) is 16.4 Å².